The van der Waals surface area contributed by atoms with Gasteiger partial charge in [0.05, 0.1) is 5.54 Å². The van der Waals surface area contributed by atoms with Gasteiger partial charge in [0.15, 0.2) is 5.78 Å². The zero-order valence-corrected chi connectivity index (χ0v) is 12.7. The molecule has 0 amide bonds. The number of nitrogens with zero attached hydrogens (tertiary/aromatic N) is 1. The minimum Gasteiger partial charge on any atom is -0.297 e. The fourth-order valence-electron chi connectivity index (χ4n) is 2.50. The van der Waals surface area contributed by atoms with E-state index in [0.29, 0.717) is 12.2 Å². The van der Waals surface area contributed by atoms with E-state index in [1.165, 1.54) is 12.8 Å². The van der Waals surface area contributed by atoms with Gasteiger partial charge in [0, 0.05) is 10.9 Å². The average molecular weight is 310 g/mol. The third-order valence-electron chi connectivity index (χ3n) is 3.83. The first-order valence-corrected chi connectivity index (χ1v) is 7.32. The van der Waals surface area contributed by atoms with E-state index in [0.717, 1.165) is 23.1 Å². The number of ketones is 1. The van der Waals surface area contributed by atoms with Gasteiger partial charge in [0.2, 0.25) is 0 Å². The van der Waals surface area contributed by atoms with Crippen LogP contribution in [0.2, 0.25) is 0 Å². The molecular formula is C15H20BrNO. The van der Waals surface area contributed by atoms with Crippen LogP contribution in [0.15, 0.2) is 28.7 Å². The molecule has 2 nitrogen and oxygen atoms in total. The van der Waals surface area contributed by atoms with E-state index in [1.807, 2.05) is 24.3 Å². The maximum absolute atomic E-state index is 12.5. The predicted molar refractivity (Wildman–Crippen MR) is 77.7 cm³/mol. The molecule has 0 aromatic heterocycles. The van der Waals surface area contributed by atoms with Gasteiger partial charge in [-0.25, -0.2) is 0 Å². The summed E-state index contributed by atoms with van der Waals surface area (Å²) in [6, 6.07) is 8.01. The van der Waals surface area contributed by atoms with Crippen molar-refractivity contribution in [1.29, 1.82) is 0 Å². The average Bonchev–Trinajstić information content (AvgIpc) is 2.82. The van der Waals surface area contributed by atoms with Gasteiger partial charge < -0.3 is 0 Å². The van der Waals surface area contributed by atoms with Crippen LogP contribution in [0.1, 0.15) is 32.3 Å². The van der Waals surface area contributed by atoms with E-state index in [9.17, 15) is 4.79 Å². The molecule has 2 rings (SSSR count). The zero-order valence-electron chi connectivity index (χ0n) is 11.1. The molecule has 98 valence electrons. The van der Waals surface area contributed by atoms with Crippen LogP contribution in [0.5, 0.6) is 0 Å². The van der Waals surface area contributed by atoms with E-state index in [4.69, 9.17) is 0 Å². The van der Waals surface area contributed by atoms with Crippen molar-refractivity contribution in [2.24, 2.45) is 0 Å². The molecule has 1 fully saturated rings. The first-order valence-electron chi connectivity index (χ1n) is 6.53. The number of hydrogen-bond donors (Lipinski definition) is 0. The van der Waals surface area contributed by atoms with Crippen LogP contribution in [0.4, 0.5) is 0 Å². The normalized spacial score (nSPS) is 17.1. The quantitative estimate of drug-likeness (QED) is 0.849. The summed E-state index contributed by atoms with van der Waals surface area (Å²) in [5.41, 5.74) is 0.750. The molecule has 18 heavy (non-hydrogen) atoms. The van der Waals surface area contributed by atoms with E-state index in [1.54, 1.807) is 0 Å². The van der Waals surface area contributed by atoms with Crippen molar-refractivity contribution in [3.8, 4) is 0 Å². The van der Waals surface area contributed by atoms with Gasteiger partial charge in [-0.3, -0.25) is 9.69 Å². The lowest BCUT2D eigenvalue weighted by molar-refractivity contribution is -0.128. The summed E-state index contributed by atoms with van der Waals surface area (Å²) in [5.74, 6) is 0.308. The van der Waals surface area contributed by atoms with Crippen LogP contribution >= 0.6 is 15.9 Å². The number of halogens is 1. The number of rotatable bonds is 4. The number of carbonyl (C=O) groups excluding carboxylic acids is 1. The minimum atomic E-state index is -0.335. The summed E-state index contributed by atoms with van der Waals surface area (Å²) >= 11 is 3.45. The molecule has 0 N–H and O–H groups in total. The van der Waals surface area contributed by atoms with Crippen LogP contribution in [0, 0.1) is 0 Å². The number of hydrogen-bond acceptors (Lipinski definition) is 2. The number of carbonyl (C=O) groups is 1. The maximum atomic E-state index is 12.5. The summed E-state index contributed by atoms with van der Waals surface area (Å²) in [6.45, 7) is 6.21. The molecular weight excluding hydrogens is 290 g/mol. The van der Waals surface area contributed by atoms with Crippen molar-refractivity contribution in [2.75, 3.05) is 13.1 Å². The number of Topliss-reactive ketones (excluding diaryl/α,β-unsaturated/α-hetero) is 1. The fraction of sp³-hybridized carbons (Fsp3) is 0.533. The van der Waals surface area contributed by atoms with Gasteiger partial charge >= 0.3 is 0 Å². The lowest BCUT2D eigenvalue weighted by Crippen LogP contribution is -2.49. The van der Waals surface area contributed by atoms with Crippen molar-refractivity contribution in [1.82, 2.24) is 4.90 Å². The highest BCUT2D eigenvalue weighted by molar-refractivity contribution is 9.10. The Morgan fingerprint density at radius 3 is 2.61 bits per heavy atom. The summed E-state index contributed by atoms with van der Waals surface area (Å²) in [7, 11) is 0. The van der Waals surface area contributed by atoms with Crippen LogP contribution in [-0.4, -0.2) is 29.3 Å². The Hall–Kier alpha value is -0.670. The Morgan fingerprint density at radius 1 is 1.33 bits per heavy atom. The molecule has 1 heterocycles. The highest BCUT2D eigenvalue weighted by Gasteiger charge is 2.35. The van der Waals surface area contributed by atoms with Gasteiger partial charge in [-0.05, 0) is 57.5 Å². The Balaban J connectivity index is 2.06. The monoisotopic (exact) mass is 309 g/mol. The molecule has 0 spiro atoms. The maximum Gasteiger partial charge on any atom is 0.156 e. The van der Waals surface area contributed by atoms with E-state index in [2.05, 4.69) is 34.7 Å². The zero-order chi connectivity index (χ0) is 13.2. The molecule has 1 aliphatic heterocycles. The summed E-state index contributed by atoms with van der Waals surface area (Å²) in [4.78, 5) is 14.8. The van der Waals surface area contributed by atoms with Crippen molar-refractivity contribution < 1.29 is 4.79 Å². The van der Waals surface area contributed by atoms with Crippen LogP contribution < -0.4 is 0 Å². The van der Waals surface area contributed by atoms with Crippen LogP contribution in [-0.2, 0) is 11.2 Å². The van der Waals surface area contributed by atoms with E-state index < -0.39 is 0 Å². The minimum absolute atomic E-state index is 0.308. The van der Waals surface area contributed by atoms with Crippen molar-refractivity contribution in [2.45, 2.75) is 38.6 Å². The lowest BCUT2D eigenvalue weighted by Gasteiger charge is -2.34. The third kappa shape index (κ3) is 3.01. The smallest absolute Gasteiger partial charge is 0.156 e. The molecule has 0 atom stereocenters. The fourth-order valence-corrected chi connectivity index (χ4v) is 2.95. The van der Waals surface area contributed by atoms with Gasteiger partial charge in [-0.15, -0.1) is 0 Å². The van der Waals surface area contributed by atoms with Gasteiger partial charge in [0.1, 0.15) is 0 Å². The van der Waals surface area contributed by atoms with Gasteiger partial charge in [-0.1, -0.05) is 28.1 Å². The molecule has 0 saturated carbocycles. The second-order valence-corrected chi connectivity index (χ2v) is 6.40. The molecule has 1 saturated heterocycles. The standard InChI is InChI=1S/C15H20BrNO/c1-15(2,17-8-3-4-9-17)14(18)11-12-6-5-7-13(16)10-12/h5-7,10H,3-4,8-9,11H2,1-2H3. The van der Waals surface area contributed by atoms with Crippen molar-refractivity contribution in [3.63, 3.8) is 0 Å². The molecule has 1 aliphatic rings. The Bertz CT molecular complexity index is 436. The Kier molecular flexibility index (Phi) is 4.23. The second kappa shape index (κ2) is 5.54. The highest BCUT2D eigenvalue weighted by Crippen LogP contribution is 2.24. The van der Waals surface area contributed by atoms with Crippen molar-refractivity contribution in [3.05, 3.63) is 34.3 Å². The molecule has 1 aromatic rings. The molecule has 0 unspecified atom stereocenters. The molecule has 0 bridgehead atoms. The molecule has 3 heteroatoms. The molecule has 1 aromatic carbocycles. The SMILES string of the molecule is CC(C)(C(=O)Cc1cccc(Br)c1)N1CCCC1. The van der Waals surface area contributed by atoms with Gasteiger partial charge in [-0.2, -0.15) is 0 Å². The Morgan fingerprint density at radius 2 is 2.00 bits per heavy atom. The molecule has 0 radical (unpaired) electrons. The van der Waals surface area contributed by atoms with Crippen LogP contribution in [0.3, 0.4) is 0 Å². The van der Waals surface area contributed by atoms with Crippen molar-refractivity contribution >= 4 is 21.7 Å². The lowest BCUT2D eigenvalue weighted by atomic mass is 9.92. The highest BCUT2D eigenvalue weighted by atomic mass is 79.9. The second-order valence-electron chi connectivity index (χ2n) is 5.48. The largest absolute Gasteiger partial charge is 0.297 e. The first-order chi connectivity index (χ1) is 8.50. The number of benzene rings is 1. The Labute approximate surface area is 117 Å². The van der Waals surface area contributed by atoms with E-state index in [-0.39, 0.29) is 5.54 Å². The summed E-state index contributed by atoms with van der Waals surface area (Å²) < 4.78 is 1.03. The molecule has 0 aliphatic carbocycles. The van der Waals surface area contributed by atoms with Gasteiger partial charge in [0.25, 0.3) is 0 Å². The summed E-state index contributed by atoms with van der Waals surface area (Å²) in [5, 5.41) is 0. The van der Waals surface area contributed by atoms with Crippen LogP contribution in [0.25, 0.3) is 0 Å². The summed E-state index contributed by atoms with van der Waals surface area (Å²) in [6.07, 6.45) is 2.95. The van der Waals surface area contributed by atoms with E-state index >= 15 is 0 Å². The predicted octanol–water partition coefficient (Wildman–Crippen LogP) is 3.44. The first kappa shape index (κ1) is 13.8. The number of likely N-dealkylation sites (tertiary alicyclic amines) is 1. The third-order valence-corrected chi connectivity index (χ3v) is 4.33. The topological polar surface area (TPSA) is 20.3 Å².